The first-order valence-electron chi connectivity index (χ1n) is 6.64. The molecular formula is C15H18N4O. The van der Waals surface area contributed by atoms with Crippen LogP contribution in [0.4, 0.5) is 11.5 Å². The summed E-state index contributed by atoms with van der Waals surface area (Å²) < 4.78 is 0. The lowest BCUT2D eigenvalue weighted by atomic mass is 10.2. The number of aryl methyl sites for hydroxylation is 1. The van der Waals surface area contributed by atoms with Crippen molar-refractivity contribution >= 4 is 17.4 Å². The zero-order chi connectivity index (χ0) is 14.4. The normalized spacial score (nSPS) is 10.1. The number of carbonyl (C=O) groups is 1. The Balaban J connectivity index is 2.02. The number of rotatable bonds is 5. The maximum atomic E-state index is 12.0. The van der Waals surface area contributed by atoms with Crippen LogP contribution in [-0.2, 0) is 0 Å². The summed E-state index contributed by atoms with van der Waals surface area (Å²) in [5.74, 6) is 0.420. The Morgan fingerprint density at radius 1 is 1.20 bits per heavy atom. The number of carbonyl (C=O) groups excluding carboxylic acids is 1. The third-order valence-electron chi connectivity index (χ3n) is 2.73. The Labute approximate surface area is 118 Å². The summed E-state index contributed by atoms with van der Waals surface area (Å²) in [6.07, 6.45) is 1.01. The van der Waals surface area contributed by atoms with Crippen molar-refractivity contribution in [1.82, 2.24) is 10.2 Å². The van der Waals surface area contributed by atoms with Crippen LogP contribution in [0.15, 0.2) is 36.4 Å². The van der Waals surface area contributed by atoms with E-state index < -0.39 is 0 Å². The Bertz CT molecular complexity index is 581. The number of nitrogens with zero attached hydrogens (tertiary/aromatic N) is 2. The van der Waals surface area contributed by atoms with Crippen molar-refractivity contribution in [1.29, 1.82) is 0 Å². The fourth-order valence-electron chi connectivity index (χ4n) is 1.72. The molecule has 0 atom stereocenters. The van der Waals surface area contributed by atoms with Gasteiger partial charge in [0.2, 0.25) is 0 Å². The van der Waals surface area contributed by atoms with Crippen LogP contribution in [0.5, 0.6) is 0 Å². The topological polar surface area (TPSA) is 66.9 Å². The average Bonchev–Trinajstić information content (AvgIpc) is 2.45. The minimum Gasteiger partial charge on any atom is -0.369 e. The van der Waals surface area contributed by atoms with E-state index in [1.165, 1.54) is 0 Å². The molecule has 2 N–H and O–H groups in total. The third-order valence-corrected chi connectivity index (χ3v) is 2.73. The maximum Gasteiger partial charge on any atom is 0.276 e. The molecule has 5 nitrogen and oxygen atoms in total. The largest absolute Gasteiger partial charge is 0.369 e. The second kappa shape index (κ2) is 6.65. The lowest BCUT2D eigenvalue weighted by molar-refractivity contribution is 0.102. The minimum absolute atomic E-state index is 0.259. The van der Waals surface area contributed by atoms with E-state index in [4.69, 9.17) is 0 Å². The van der Waals surface area contributed by atoms with Gasteiger partial charge in [-0.2, -0.15) is 0 Å². The molecule has 0 saturated carbocycles. The molecule has 0 saturated heterocycles. The van der Waals surface area contributed by atoms with Crippen LogP contribution in [0.2, 0.25) is 0 Å². The van der Waals surface area contributed by atoms with E-state index in [9.17, 15) is 4.79 Å². The summed E-state index contributed by atoms with van der Waals surface area (Å²) in [6.45, 7) is 4.89. The van der Waals surface area contributed by atoms with Crippen LogP contribution in [0, 0.1) is 6.92 Å². The second-order valence-electron chi connectivity index (χ2n) is 4.55. The molecule has 20 heavy (non-hydrogen) atoms. The van der Waals surface area contributed by atoms with Gasteiger partial charge in [-0.1, -0.05) is 19.1 Å². The van der Waals surface area contributed by atoms with Crippen LogP contribution >= 0.6 is 0 Å². The van der Waals surface area contributed by atoms with Gasteiger partial charge < -0.3 is 10.6 Å². The van der Waals surface area contributed by atoms with Gasteiger partial charge in [-0.25, -0.2) is 0 Å². The Kier molecular flexibility index (Phi) is 4.65. The summed E-state index contributed by atoms with van der Waals surface area (Å²) in [5, 5.41) is 13.8. The summed E-state index contributed by atoms with van der Waals surface area (Å²) in [6, 6.07) is 11.0. The number of hydrogen-bond acceptors (Lipinski definition) is 4. The van der Waals surface area contributed by atoms with Gasteiger partial charge >= 0.3 is 0 Å². The highest BCUT2D eigenvalue weighted by Gasteiger charge is 2.08. The van der Waals surface area contributed by atoms with E-state index in [1.807, 2.05) is 31.2 Å². The van der Waals surface area contributed by atoms with Crippen molar-refractivity contribution in [2.24, 2.45) is 0 Å². The van der Waals surface area contributed by atoms with Gasteiger partial charge in [0, 0.05) is 12.2 Å². The predicted molar refractivity (Wildman–Crippen MR) is 79.9 cm³/mol. The zero-order valence-electron chi connectivity index (χ0n) is 11.7. The molecule has 5 heteroatoms. The molecule has 104 valence electrons. The molecular weight excluding hydrogens is 252 g/mol. The van der Waals surface area contributed by atoms with Gasteiger partial charge in [0.05, 0.1) is 0 Å². The Hall–Kier alpha value is -2.43. The molecule has 0 fully saturated rings. The van der Waals surface area contributed by atoms with Gasteiger partial charge in [-0.3, -0.25) is 4.79 Å². The van der Waals surface area contributed by atoms with Crippen molar-refractivity contribution in [2.75, 3.05) is 17.2 Å². The second-order valence-corrected chi connectivity index (χ2v) is 4.55. The van der Waals surface area contributed by atoms with E-state index in [0.29, 0.717) is 11.5 Å². The van der Waals surface area contributed by atoms with E-state index in [0.717, 1.165) is 24.2 Å². The van der Waals surface area contributed by atoms with Gasteiger partial charge in [0.1, 0.15) is 5.82 Å². The molecule has 0 aliphatic rings. The van der Waals surface area contributed by atoms with Crippen molar-refractivity contribution in [3.05, 3.63) is 47.7 Å². The molecule has 0 aliphatic carbocycles. The lowest BCUT2D eigenvalue weighted by Gasteiger charge is -2.06. The number of anilines is 2. The number of benzene rings is 1. The monoisotopic (exact) mass is 270 g/mol. The van der Waals surface area contributed by atoms with Crippen molar-refractivity contribution in [2.45, 2.75) is 20.3 Å². The molecule has 0 spiro atoms. The summed E-state index contributed by atoms with van der Waals surface area (Å²) in [5.41, 5.74) is 2.14. The van der Waals surface area contributed by atoms with Crippen LogP contribution in [0.1, 0.15) is 29.4 Å². The summed E-state index contributed by atoms with van der Waals surface area (Å²) in [4.78, 5) is 12.0. The van der Waals surface area contributed by atoms with Crippen molar-refractivity contribution < 1.29 is 4.79 Å². The Morgan fingerprint density at radius 3 is 2.70 bits per heavy atom. The van der Waals surface area contributed by atoms with E-state index in [1.54, 1.807) is 12.1 Å². The maximum absolute atomic E-state index is 12.0. The highest BCUT2D eigenvalue weighted by Crippen LogP contribution is 2.11. The van der Waals surface area contributed by atoms with Crippen LogP contribution in [-0.4, -0.2) is 22.6 Å². The minimum atomic E-state index is -0.259. The van der Waals surface area contributed by atoms with Gasteiger partial charge in [-0.05, 0) is 43.2 Å². The van der Waals surface area contributed by atoms with Gasteiger partial charge in [-0.15, -0.1) is 10.2 Å². The van der Waals surface area contributed by atoms with Crippen molar-refractivity contribution in [3.63, 3.8) is 0 Å². The van der Waals surface area contributed by atoms with E-state index in [2.05, 4.69) is 27.8 Å². The highest BCUT2D eigenvalue weighted by molar-refractivity contribution is 6.02. The smallest absolute Gasteiger partial charge is 0.276 e. The first kappa shape index (κ1) is 14.0. The standard InChI is InChI=1S/C15H18N4O/c1-3-9-16-14-8-7-13(18-19-14)15(20)17-12-6-4-5-11(2)10-12/h4-8,10H,3,9H2,1-2H3,(H,16,19)(H,17,20). The van der Waals surface area contributed by atoms with E-state index >= 15 is 0 Å². The average molecular weight is 270 g/mol. The summed E-state index contributed by atoms with van der Waals surface area (Å²) in [7, 11) is 0. The predicted octanol–water partition coefficient (Wildman–Crippen LogP) is 2.86. The van der Waals surface area contributed by atoms with Crippen LogP contribution < -0.4 is 10.6 Å². The molecule has 0 radical (unpaired) electrons. The number of amides is 1. The SMILES string of the molecule is CCCNc1ccc(C(=O)Nc2cccc(C)c2)nn1. The zero-order valence-corrected chi connectivity index (χ0v) is 11.7. The third kappa shape index (κ3) is 3.78. The Morgan fingerprint density at radius 2 is 2.05 bits per heavy atom. The number of nitrogens with one attached hydrogen (secondary N) is 2. The molecule has 1 aromatic heterocycles. The molecule has 2 aromatic rings. The van der Waals surface area contributed by atoms with Gasteiger partial charge in [0.15, 0.2) is 5.69 Å². The fraction of sp³-hybridized carbons (Fsp3) is 0.267. The van der Waals surface area contributed by atoms with Gasteiger partial charge in [0.25, 0.3) is 5.91 Å². The first-order chi connectivity index (χ1) is 9.69. The van der Waals surface area contributed by atoms with E-state index in [-0.39, 0.29) is 5.91 Å². The molecule has 0 unspecified atom stereocenters. The quantitative estimate of drug-likeness (QED) is 0.876. The molecule has 1 aromatic carbocycles. The summed E-state index contributed by atoms with van der Waals surface area (Å²) >= 11 is 0. The molecule has 1 heterocycles. The van der Waals surface area contributed by atoms with Crippen LogP contribution in [0.25, 0.3) is 0 Å². The molecule has 0 aliphatic heterocycles. The molecule has 0 bridgehead atoms. The molecule has 2 rings (SSSR count). The molecule has 1 amide bonds. The van der Waals surface area contributed by atoms with Crippen molar-refractivity contribution in [3.8, 4) is 0 Å². The number of hydrogen-bond donors (Lipinski definition) is 2. The number of aromatic nitrogens is 2. The highest BCUT2D eigenvalue weighted by atomic mass is 16.1. The lowest BCUT2D eigenvalue weighted by Crippen LogP contribution is -2.15. The first-order valence-corrected chi connectivity index (χ1v) is 6.64. The van der Waals surface area contributed by atoms with Crippen LogP contribution in [0.3, 0.4) is 0 Å². The fourth-order valence-corrected chi connectivity index (χ4v) is 1.72.